The number of carbonyl (C=O) groups is 1. The molecule has 20 heavy (non-hydrogen) atoms. The third-order valence-corrected chi connectivity index (χ3v) is 2.58. The molecule has 0 aliphatic heterocycles. The van der Waals surface area contributed by atoms with Crippen molar-refractivity contribution < 1.29 is 9.18 Å². The largest absolute Gasteiger partial charge is 0.367 e. The third kappa shape index (κ3) is 3.54. The van der Waals surface area contributed by atoms with Crippen molar-refractivity contribution in [2.45, 2.75) is 19.9 Å². The summed E-state index contributed by atoms with van der Waals surface area (Å²) in [7, 11) is 0. The number of hydrogen-bond donors (Lipinski definition) is 2. The van der Waals surface area contributed by atoms with Crippen molar-refractivity contribution in [2.75, 3.05) is 10.6 Å². The molecule has 0 radical (unpaired) electrons. The highest BCUT2D eigenvalue weighted by molar-refractivity contribution is 6.07. The molecular formula is C15H16FN3O. The van der Waals surface area contributed by atoms with Crippen LogP contribution in [0.3, 0.4) is 0 Å². The molecule has 104 valence electrons. The summed E-state index contributed by atoms with van der Waals surface area (Å²) in [6.07, 6.45) is 1.62. The Morgan fingerprint density at radius 1 is 1.20 bits per heavy atom. The summed E-state index contributed by atoms with van der Waals surface area (Å²) < 4.78 is 12.8. The van der Waals surface area contributed by atoms with Crippen LogP contribution >= 0.6 is 0 Å². The van der Waals surface area contributed by atoms with E-state index in [0.29, 0.717) is 17.1 Å². The van der Waals surface area contributed by atoms with E-state index < -0.39 is 0 Å². The SMILES string of the molecule is CC(C)Nc1ncccc1C(=O)Nc1ccc(F)cc1. The van der Waals surface area contributed by atoms with Gasteiger partial charge in [0.15, 0.2) is 0 Å². The lowest BCUT2D eigenvalue weighted by Gasteiger charge is -2.13. The van der Waals surface area contributed by atoms with Crippen molar-refractivity contribution in [1.82, 2.24) is 4.98 Å². The van der Waals surface area contributed by atoms with E-state index in [4.69, 9.17) is 0 Å². The fourth-order valence-corrected chi connectivity index (χ4v) is 1.71. The Morgan fingerprint density at radius 2 is 1.90 bits per heavy atom. The van der Waals surface area contributed by atoms with Gasteiger partial charge in [-0.3, -0.25) is 4.79 Å². The standard InChI is InChI=1S/C15H16FN3O/c1-10(2)18-14-13(4-3-9-17-14)15(20)19-12-7-5-11(16)6-8-12/h3-10H,1-2H3,(H,17,18)(H,19,20). The molecule has 2 aromatic rings. The van der Waals surface area contributed by atoms with Gasteiger partial charge in [0.1, 0.15) is 11.6 Å². The van der Waals surface area contributed by atoms with Gasteiger partial charge in [-0.2, -0.15) is 0 Å². The number of hydrogen-bond acceptors (Lipinski definition) is 3. The van der Waals surface area contributed by atoms with Crippen molar-refractivity contribution in [1.29, 1.82) is 0 Å². The highest BCUT2D eigenvalue weighted by Crippen LogP contribution is 2.16. The fraction of sp³-hybridized carbons (Fsp3) is 0.200. The van der Waals surface area contributed by atoms with Gasteiger partial charge in [-0.15, -0.1) is 0 Å². The number of halogens is 1. The van der Waals surface area contributed by atoms with Crippen molar-refractivity contribution in [2.24, 2.45) is 0 Å². The van der Waals surface area contributed by atoms with E-state index in [1.54, 1.807) is 18.3 Å². The smallest absolute Gasteiger partial charge is 0.259 e. The van der Waals surface area contributed by atoms with Crippen molar-refractivity contribution in [3.63, 3.8) is 0 Å². The summed E-state index contributed by atoms with van der Waals surface area (Å²) in [5.74, 6) is -0.0958. The van der Waals surface area contributed by atoms with Crippen LogP contribution in [0, 0.1) is 5.82 Å². The van der Waals surface area contributed by atoms with E-state index in [1.165, 1.54) is 24.3 Å². The van der Waals surface area contributed by atoms with E-state index >= 15 is 0 Å². The predicted octanol–water partition coefficient (Wildman–Crippen LogP) is 3.29. The van der Waals surface area contributed by atoms with Crippen molar-refractivity contribution >= 4 is 17.4 Å². The minimum atomic E-state index is -0.341. The average Bonchev–Trinajstić information content (AvgIpc) is 2.41. The van der Waals surface area contributed by atoms with Crippen LogP contribution in [0.15, 0.2) is 42.6 Å². The molecule has 2 rings (SSSR count). The molecule has 1 heterocycles. The monoisotopic (exact) mass is 273 g/mol. The second-order valence-corrected chi connectivity index (χ2v) is 4.66. The van der Waals surface area contributed by atoms with E-state index in [0.717, 1.165) is 0 Å². The average molecular weight is 273 g/mol. The van der Waals surface area contributed by atoms with E-state index in [-0.39, 0.29) is 17.8 Å². The topological polar surface area (TPSA) is 54.0 Å². The lowest BCUT2D eigenvalue weighted by Crippen LogP contribution is -2.18. The van der Waals surface area contributed by atoms with Gasteiger partial charge in [-0.05, 0) is 50.2 Å². The zero-order valence-electron chi connectivity index (χ0n) is 11.4. The number of pyridine rings is 1. The normalized spacial score (nSPS) is 10.4. The van der Waals surface area contributed by atoms with Crippen LogP contribution in [0.4, 0.5) is 15.9 Å². The Labute approximate surface area is 117 Å². The molecule has 4 nitrogen and oxygen atoms in total. The fourth-order valence-electron chi connectivity index (χ4n) is 1.71. The molecule has 0 atom stereocenters. The zero-order chi connectivity index (χ0) is 14.5. The first kappa shape index (κ1) is 14.0. The molecule has 1 aromatic carbocycles. The maximum Gasteiger partial charge on any atom is 0.259 e. The van der Waals surface area contributed by atoms with Gasteiger partial charge < -0.3 is 10.6 Å². The number of amides is 1. The maximum absolute atomic E-state index is 12.8. The van der Waals surface area contributed by atoms with Crippen LogP contribution in [0.1, 0.15) is 24.2 Å². The van der Waals surface area contributed by atoms with Gasteiger partial charge >= 0.3 is 0 Å². The number of rotatable bonds is 4. The Bertz CT molecular complexity index is 596. The van der Waals surface area contributed by atoms with Gasteiger partial charge in [-0.1, -0.05) is 0 Å². The molecule has 0 unspecified atom stereocenters. The van der Waals surface area contributed by atoms with Crippen LogP contribution in [0.25, 0.3) is 0 Å². The summed E-state index contributed by atoms with van der Waals surface area (Å²) in [4.78, 5) is 16.4. The van der Waals surface area contributed by atoms with E-state index in [1.807, 2.05) is 13.8 Å². The maximum atomic E-state index is 12.8. The zero-order valence-corrected chi connectivity index (χ0v) is 11.4. The van der Waals surface area contributed by atoms with Crippen LogP contribution in [0.5, 0.6) is 0 Å². The minimum Gasteiger partial charge on any atom is -0.367 e. The summed E-state index contributed by atoms with van der Waals surface area (Å²) in [6.45, 7) is 3.94. The summed E-state index contributed by atoms with van der Waals surface area (Å²) >= 11 is 0. The molecule has 2 N–H and O–H groups in total. The molecule has 0 saturated heterocycles. The van der Waals surface area contributed by atoms with Crippen LogP contribution in [-0.2, 0) is 0 Å². The molecule has 0 aliphatic rings. The molecule has 0 spiro atoms. The third-order valence-electron chi connectivity index (χ3n) is 2.58. The number of aromatic nitrogens is 1. The lowest BCUT2D eigenvalue weighted by atomic mass is 10.2. The molecule has 1 amide bonds. The number of benzene rings is 1. The van der Waals surface area contributed by atoms with Crippen molar-refractivity contribution in [3.05, 3.63) is 54.0 Å². The first-order chi connectivity index (χ1) is 9.56. The van der Waals surface area contributed by atoms with Crippen molar-refractivity contribution in [3.8, 4) is 0 Å². The summed E-state index contributed by atoms with van der Waals surface area (Å²) in [5.41, 5.74) is 0.987. The van der Waals surface area contributed by atoms with Gasteiger partial charge in [0.2, 0.25) is 0 Å². The van der Waals surface area contributed by atoms with Gasteiger partial charge in [-0.25, -0.2) is 9.37 Å². The number of nitrogens with zero attached hydrogens (tertiary/aromatic N) is 1. The Hall–Kier alpha value is -2.43. The Morgan fingerprint density at radius 3 is 2.55 bits per heavy atom. The predicted molar refractivity (Wildman–Crippen MR) is 77.3 cm³/mol. The molecule has 1 aromatic heterocycles. The molecule has 0 saturated carbocycles. The molecule has 0 fully saturated rings. The van der Waals surface area contributed by atoms with Crippen LogP contribution in [-0.4, -0.2) is 16.9 Å². The second kappa shape index (κ2) is 6.14. The highest BCUT2D eigenvalue weighted by Gasteiger charge is 2.13. The van der Waals surface area contributed by atoms with Gasteiger partial charge in [0.05, 0.1) is 5.56 Å². The summed E-state index contributed by atoms with van der Waals surface area (Å²) in [5, 5.41) is 5.83. The first-order valence-electron chi connectivity index (χ1n) is 6.34. The van der Waals surface area contributed by atoms with E-state index in [9.17, 15) is 9.18 Å². The summed E-state index contributed by atoms with van der Waals surface area (Å²) in [6, 6.07) is 9.18. The Kier molecular flexibility index (Phi) is 4.30. The second-order valence-electron chi connectivity index (χ2n) is 4.66. The van der Waals surface area contributed by atoms with Gasteiger partial charge in [0, 0.05) is 17.9 Å². The number of nitrogens with one attached hydrogen (secondary N) is 2. The van der Waals surface area contributed by atoms with Crippen LogP contribution < -0.4 is 10.6 Å². The lowest BCUT2D eigenvalue weighted by molar-refractivity contribution is 0.102. The van der Waals surface area contributed by atoms with Crippen LogP contribution in [0.2, 0.25) is 0 Å². The molecular weight excluding hydrogens is 257 g/mol. The number of anilines is 2. The molecule has 0 bridgehead atoms. The molecule has 0 aliphatic carbocycles. The van der Waals surface area contributed by atoms with Gasteiger partial charge in [0.25, 0.3) is 5.91 Å². The number of carbonyl (C=O) groups excluding carboxylic acids is 1. The molecule has 5 heteroatoms. The quantitative estimate of drug-likeness (QED) is 0.898. The van der Waals surface area contributed by atoms with E-state index in [2.05, 4.69) is 15.6 Å². The highest BCUT2D eigenvalue weighted by atomic mass is 19.1. The Balaban J connectivity index is 2.18. The first-order valence-corrected chi connectivity index (χ1v) is 6.34. The minimum absolute atomic E-state index is 0.169.